The Hall–Kier alpha value is -4.27. The number of rotatable bonds is 10. The maximum absolute atomic E-state index is 13.2. The van der Waals surface area contributed by atoms with Crippen LogP contribution in [0.4, 0.5) is 11.4 Å². The molecule has 39 heavy (non-hydrogen) atoms. The average molecular weight is 560 g/mol. The van der Waals surface area contributed by atoms with Crippen molar-refractivity contribution in [2.24, 2.45) is 0 Å². The molecule has 198 valence electrons. The number of anilines is 2. The lowest BCUT2D eigenvalue weighted by Crippen LogP contribution is -2.30. The molecule has 7 nitrogen and oxygen atoms in total. The van der Waals surface area contributed by atoms with Gasteiger partial charge in [-0.1, -0.05) is 42.8 Å². The number of nitrogens with one attached hydrogen (secondary N) is 3. The Morgan fingerprint density at radius 2 is 1.67 bits per heavy atom. The Labute approximate surface area is 235 Å². The maximum Gasteiger partial charge on any atom is 0.272 e. The second-order valence-corrected chi connectivity index (χ2v) is 10.1. The summed E-state index contributed by atoms with van der Waals surface area (Å²) in [5, 5.41) is 8.65. The van der Waals surface area contributed by atoms with E-state index in [-0.39, 0.29) is 16.9 Å². The van der Waals surface area contributed by atoms with Crippen LogP contribution in [0.2, 0.25) is 5.02 Å². The molecule has 1 aromatic heterocycles. The van der Waals surface area contributed by atoms with Gasteiger partial charge in [-0.2, -0.15) is 0 Å². The summed E-state index contributed by atoms with van der Waals surface area (Å²) in [6.07, 6.45) is 3.54. The van der Waals surface area contributed by atoms with Crippen LogP contribution in [0.1, 0.15) is 29.5 Å². The Morgan fingerprint density at radius 1 is 0.897 bits per heavy atom. The molecule has 4 aromatic rings. The first-order chi connectivity index (χ1) is 18.9. The molecular weight excluding hydrogens is 534 g/mol. The Kier molecular flexibility index (Phi) is 9.61. The first kappa shape index (κ1) is 27.8. The predicted octanol–water partition coefficient (Wildman–Crippen LogP) is 6.85. The molecule has 1 heterocycles. The molecule has 0 saturated heterocycles. The third-order valence-corrected chi connectivity index (χ3v) is 7.11. The summed E-state index contributed by atoms with van der Waals surface area (Å²) >= 11 is 7.32. The van der Waals surface area contributed by atoms with Gasteiger partial charge >= 0.3 is 0 Å². The van der Waals surface area contributed by atoms with Crippen molar-refractivity contribution in [1.29, 1.82) is 0 Å². The van der Waals surface area contributed by atoms with Crippen LogP contribution in [0.3, 0.4) is 0 Å². The van der Waals surface area contributed by atoms with Gasteiger partial charge in [0, 0.05) is 32.9 Å². The van der Waals surface area contributed by atoms with E-state index in [1.807, 2.05) is 13.0 Å². The zero-order valence-corrected chi connectivity index (χ0v) is 22.6. The van der Waals surface area contributed by atoms with Crippen molar-refractivity contribution in [1.82, 2.24) is 5.32 Å². The number of thioether (sulfide) groups is 1. The fourth-order valence-corrected chi connectivity index (χ4v) is 4.69. The molecule has 0 bridgehead atoms. The fraction of sp³-hybridized carbons (Fsp3) is 0.100. The van der Waals surface area contributed by atoms with Crippen molar-refractivity contribution in [3.05, 3.63) is 119 Å². The van der Waals surface area contributed by atoms with E-state index in [0.717, 1.165) is 4.90 Å². The zero-order chi connectivity index (χ0) is 27.6. The van der Waals surface area contributed by atoms with E-state index in [1.54, 1.807) is 84.9 Å². The quantitative estimate of drug-likeness (QED) is 0.146. The van der Waals surface area contributed by atoms with Gasteiger partial charge in [-0.05, 0) is 73.2 Å². The van der Waals surface area contributed by atoms with Gasteiger partial charge < -0.3 is 20.4 Å². The summed E-state index contributed by atoms with van der Waals surface area (Å²) in [6, 6.07) is 26.1. The van der Waals surface area contributed by atoms with Crippen LogP contribution in [0, 0.1) is 0 Å². The number of amides is 3. The molecule has 3 N–H and O–H groups in total. The number of carbonyl (C=O) groups excluding carboxylic acids is 3. The van der Waals surface area contributed by atoms with Gasteiger partial charge in [0.15, 0.2) is 0 Å². The molecule has 0 aliphatic carbocycles. The number of halogens is 1. The summed E-state index contributed by atoms with van der Waals surface area (Å²) in [5.41, 5.74) is 1.61. The van der Waals surface area contributed by atoms with E-state index >= 15 is 0 Å². The molecule has 0 aliphatic heterocycles. The molecule has 9 heteroatoms. The Bertz CT molecular complexity index is 1460. The lowest BCUT2D eigenvalue weighted by atomic mass is 10.2. The van der Waals surface area contributed by atoms with E-state index in [9.17, 15) is 14.4 Å². The SMILES string of the molecule is CCC(Sc1cccc(NC(=O)/C(=C/c2ccco2)NC(=O)c2ccccc2)c1)C(=O)Nc1ccc(Cl)cc1. The maximum atomic E-state index is 13.2. The molecule has 0 radical (unpaired) electrons. The third-order valence-electron chi connectivity index (χ3n) is 5.50. The van der Waals surface area contributed by atoms with Crippen molar-refractivity contribution < 1.29 is 18.8 Å². The van der Waals surface area contributed by atoms with E-state index in [4.69, 9.17) is 16.0 Å². The van der Waals surface area contributed by atoms with Gasteiger partial charge in [0.2, 0.25) is 5.91 Å². The standard InChI is InChI=1S/C30H26ClN3O4S/c1-2-27(30(37)32-22-15-13-21(31)14-16-22)39-25-12-6-10-23(18-25)33-29(36)26(19-24-11-7-17-38-24)34-28(35)20-8-4-3-5-9-20/h3-19,27H,2H2,1H3,(H,32,37)(H,33,36)(H,34,35)/b26-19-. The van der Waals surface area contributed by atoms with Gasteiger partial charge in [-0.3, -0.25) is 14.4 Å². The highest BCUT2D eigenvalue weighted by molar-refractivity contribution is 8.00. The molecular formula is C30H26ClN3O4S. The molecule has 4 rings (SSSR count). The van der Waals surface area contributed by atoms with Crippen molar-refractivity contribution >= 4 is 58.5 Å². The van der Waals surface area contributed by atoms with Crippen molar-refractivity contribution in [3.63, 3.8) is 0 Å². The molecule has 1 unspecified atom stereocenters. The number of hydrogen-bond donors (Lipinski definition) is 3. The van der Waals surface area contributed by atoms with Crippen LogP contribution >= 0.6 is 23.4 Å². The summed E-state index contributed by atoms with van der Waals surface area (Å²) < 4.78 is 5.34. The van der Waals surface area contributed by atoms with Gasteiger partial charge in [0.25, 0.3) is 11.8 Å². The van der Waals surface area contributed by atoms with Gasteiger partial charge in [0.1, 0.15) is 11.5 Å². The van der Waals surface area contributed by atoms with Crippen LogP contribution in [0.5, 0.6) is 0 Å². The minimum absolute atomic E-state index is 0.0191. The topological polar surface area (TPSA) is 100 Å². The number of carbonyl (C=O) groups is 3. The molecule has 0 fully saturated rings. The van der Waals surface area contributed by atoms with Crippen LogP contribution in [-0.2, 0) is 9.59 Å². The monoisotopic (exact) mass is 559 g/mol. The minimum Gasteiger partial charge on any atom is -0.465 e. The average Bonchev–Trinajstić information content (AvgIpc) is 3.46. The van der Waals surface area contributed by atoms with Crippen LogP contribution < -0.4 is 16.0 Å². The normalized spacial score (nSPS) is 11.9. The second kappa shape index (κ2) is 13.5. The van der Waals surface area contributed by atoms with E-state index in [1.165, 1.54) is 24.1 Å². The first-order valence-corrected chi connectivity index (χ1v) is 13.4. The highest BCUT2D eigenvalue weighted by atomic mass is 35.5. The van der Waals surface area contributed by atoms with E-state index < -0.39 is 11.8 Å². The molecule has 1 atom stereocenters. The number of hydrogen-bond acceptors (Lipinski definition) is 5. The van der Waals surface area contributed by atoms with Crippen molar-refractivity contribution in [2.45, 2.75) is 23.5 Å². The number of benzene rings is 3. The highest BCUT2D eigenvalue weighted by Crippen LogP contribution is 2.29. The summed E-state index contributed by atoms with van der Waals surface area (Å²) in [6.45, 7) is 1.94. The van der Waals surface area contributed by atoms with Crippen LogP contribution in [0.15, 0.2) is 112 Å². The summed E-state index contributed by atoms with van der Waals surface area (Å²) in [4.78, 5) is 39.6. The summed E-state index contributed by atoms with van der Waals surface area (Å²) in [7, 11) is 0. The lowest BCUT2D eigenvalue weighted by molar-refractivity contribution is -0.116. The van der Waals surface area contributed by atoms with Crippen molar-refractivity contribution in [2.75, 3.05) is 10.6 Å². The molecule has 3 aromatic carbocycles. The fourth-order valence-electron chi connectivity index (χ4n) is 3.55. The number of furan rings is 1. The van der Waals surface area contributed by atoms with Gasteiger partial charge in [-0.25, -0.2) is 0 Å². The van der Waals surface area contributed by atoms with Crippen LogP contribution in [-0.4, -0.2) is 23.0 Å². The van der Waals surface area contributed by atoms with E-state index in [0.29, 0.717) is 34.1 Å². The molecule has 0 spiro atoms. The molecule has 3 amide bonds. The minimum atomic E-state index is -0.523. The smallest absolute Gasteiger partial charge is 0.272 e. The zero-order valence-electron chi connectivity index (χ0n) is 21.0. The van der Waals surface area contributed by atoms with Crippen LogP contribution in [0.25, 0.3) is 6.08 Å². The van der Waals surface area contributed by atoms with Crippen molar-refractivity contribution in [3.8, 4) is 0 Å². The largest absolute Gasteiger partial charge is 0.465 e. The highest BCUT2D eigenvalue weighted by Gasteiger charge is 2.19. The van der Waals surface area contributed by atoms with E-state index in [2.05, 4.69) is 16.0 Å². The first-order valence-electron chi connectivity index (χ1n) is 12.2. The Morgan fingerprint density at radius 3 is 2.36 bits per heavy atom. The van der Waals surface area contributed by atoms with Gasteiger partial charge in [0.05, 0.1) is 11.5 Å². The summed E-state index contributed by atoms with van der Waals surface area (Å²) in [5.74, 6) is -0.669. The lowest BCUT2D eigenvalue weighted by Gasteiger charge is -2.16. The second-order valence-electron chi connectivity index (χ2n) is 8.39. The third kappa shape index (κ3) is 8.10. The van der Waals surface area contributed by atoms with Gasteiger partial charge in [-0.15, -0.1) is 11.8 Å². The Balaban J connectivity index is 1.46. The molecule has 0 saturated carbocycles. The molecule has 0 aliphatic rings. The predicted molar refractivity (Wildman–Crippen MR) is 156 cm³/mol.